The average Bonchev–Trinajstić information content (AvgIpc) is 3.34. The van der Waals surface area contributed by atoms with Crippen LogP contribution in [-0.4, -0.2) is 60.3 Å². The zero-order valence-corrected chi connectivity index (χ0v) is 20.1. The lowest BCUT2D eigenvalue weighted by molar-refractivity contribution is -0.357. The van der Waals surface area contributed by atoms with Crippen LogP contribution in [0.15, 0.2) is 18.2 Å². The second-order valence-corrected chi connectivity index (χ2v) is 10.6. The van der Waals surface area contributed by atoms with Crippen molar-refractivity contribution in [1.29, 1.82) is 0 Å². The number of ether oxygens (including phenoxy) is 3. The zero-order chi connectivity index (χ0) is 25.6. The molecule has 3 fully saturated rings. The number of aliphatic hydroxyl groups is 1. The molecule has 3 N–H and O–H groups in total. The third-order valence-electron chi connectivity index (χ3n) is 7.66. The number of nitrogens with one attached hydrogen (secondary N) is 2. The van der Waals surface area contributed by atoms with E-state index < -0.39 is 30.8 Å². The highest BCUT2D eigenvalue weighted by atomic mass is 35.5. The van der Waals surface area contributed by atoms with E-state index in [-0.39, 0.29) is 61.6 Å². The van der Waals surface area contributed by atoms with Crippen molar-refractivity contribution in [1.82, 2.24) is 10.6 Å². The molecule has 2 amide bonds. The number of fused-ring (bicyclic) bond motifs is 3. The molecule has 0 aromatic heterocycles. The predicted molar refractivity (Wildman–Crippen MR) is 120 cm³/mol. The molecule has 1 aliphatic heterocycles. The Balaban J connectivity index is 1.03. The minimum Gasteiger partial charge on any atom is -0.480 e. The first-order chi connectivity index (χ1) is 17.0. The third-order valence-corrected chi connectivity index (χ3v) is 7.90. The van der Waals surface area contributed by atoms with Crippen LogP contribution in [0.25, 0.3) is 0 Å². The summed E-state index contributed by atoms with van der Waals surface area (Å²) in [5.41, 5.74) is 0.570. The Labute approximate surface area is 210 Å². The minimum atomic E-state index is -4.66. The standard InChI is InChI=1S/C24H28ClF3N2O6/c25-13-1-2-20-16(6-13)19(31)9-21(35-20)23(33)30-18-5-11-3-12(18)4-17(11)29-22(32)10-34-14-7-15(8-14)36-24(26,27)28/h1-2,6,11-12,14-15,17-19,21,31H,3-5,7-10H2,(H,29,32)(H,30,33)/t11-,12-,14-,15+,17+,18+,19+,21-/m0/s1. The van der Waals surface area contributed by atoms with Gasteiger partial charge in [-0.15, -0.1) is 13.2 Å². The number of rotatable bonds is 7. The predicted octanol–water partition coefficient (Wildman–Crippen LogP) is 3.01. The summed E-state index contributed by atoms with van der Waals surface area (Å²) in [4.78, 5) is 25.1. The summed E-state index contributed by atoms with van der Waals surface area (Å²) in [5, 5.41) is 16.9. The van der Waals surface area contributed by atoms with Crippen LogP contribution in [0.2, 0.25) is 5.02 Å². The fraction of sp³-hybridized carbons (Fsp3) is 0.667. The topological polar surface area (TPSA) is 106 Å². The summed E-state index contributed by atoms with van der Waals surface area (Å²) in [6.45, 7) is -0.203. The lowest BCUT2D eigenvalue weighted by Gasteiger charge is -2.35. The molecule has 5 rings (SSSR count). The van der Waals surface area contributed by atoms with E-state index in [4.69, 9.17) is 21.1 Å². The first-order valence-corrected chi connectivity index (χ1v) is 12.5. The quantitative estimate of drug-likeness (QED) is 0.498. The molecule has 36 heavy (non-hydrogen) atoms. The van der Waals surface area contributed by atoms with Crippen LogP contribution < -0.4 is 15.4 Å². The molecule has 0 radical (unpaired) electrons. The summed E-state index contributed by atoms with van der Waals surface area (Å²) < 4.78 is 51.6. The van der Waals surface area contributed by atoms with Crippen molar-refractivity contribution in [2.24, 2.45) is 11.8 Å². The van der Waals surface area contributed by atoms with Crippen molar-refractivity contribution in [2.45, 2.75) is 81.4 Å². The molecule has 0 saturated heterocycles. The van der Waals surface area contributed by atoms with Crippen molar-refractivity contribution in [2.75, 3.05) is 6.61 Å². The molecule has 1 aromatic rings. The monoisotopic (exact) mass is 532 g/mol. The van der Waals surface area contributed by atoms with Gasteiger partial charge in [0, 0.05) is 41.9 Å². The van der Waals surface area contributed by atoms with E-state index in [9.17, 15) is 27.9 Å². The van der Waals surface area contributed by atoms with Gasteiger partial charge in [-0.25, -0.2) is 0 Å². The second kappa shape index (κ2) is 10.00. The number of hydrogen-bond donors (Lipinski definition) is 3. The third kappa shape index (κ3) is 5.74. The maximum absolute atomic E-state index is 12.9. The van der Waals surface area contributed by atoms with Gasteiger partial charge in [-0.2, -0.15) is 0 Å². The number of hydrogen-bond acceptors (Lipinski definition) is 6. The number of alkyl halides is 3. The van der Waals surface area contributed by atoms with E-state index in [1.807, 2.05) is 0 Å². The zero-order valence-electron chi connectivity index (χ0n) is 19.3. The number of aliphatic hydroxyl groups excluding tert-OH is 1. The molecule has 198 valence electrons. The van der Waals surface area contributed by atoms with Crippen molar-refractivity contribution in [3.63, 3.8) is 0 Å². The summed E-state index contributed by atoms with van der Waals surface area (Å²) in [6, 6.07) is 4.88. The Morgan fingerprint density at radius 3 is 2.39 bits per heavy atom. The van der Waals surface area contributed by atoms with Gasteiger partial charge in [0.1, 0.15) is 12.4 Å². The summed E-state index contributed by atoms with van der Waals surface area (Å²) >= 11 is 5.98. The number of carbonyl (C=O) groups excluding carboxylic acids is 2. The number of halogens is 4. The van der Waals surface area contributed by atoms with Crippen LogP contribution in [0.3, 0.4) is 0 Å². The number of amides is 2. The Hall–Kier alpha value is -2.08. The molecule has 4 aliphatic rings. The normalized spacial score (nSPS) is 34.9. The first-order valence-electron chi connectivity index (χ1n) is 12.1. The largest absolute Gasteiger partial charge is 0.522 e. The van der Waals surface area contributed by atoms with Gasteiger partial charge in [-0.3, -0.25) is 14.3 Å². The second-order valence-electron chi connectivity index (χ2n) is 10.1. The van der Waals surface area contributed by atoms with Gasteiger partial charge in [0.25, 0.3) is 5.91 Å². The lowest BCUT2D eigenvalue weighted by atomic mass is 9.90. The molecule has 6 atom stereocenters. The van der Waals surface area contributed by atoms with E-state index in [0.717, 1.165) is 19.3 Å². The molecule has 3 saturated carbocycles. The molecule has 3 aliphatic carbocycles. The number of carbonyl (C=O) groups is 2. The fourth-order valence-electron chi connectivity index (χ4n) is 5.86. The van der Waals surface area contributed by atoms with E-state index >= 15 is 0 Å². The van der Waals surface area contributed by atoms with Crippen LogP contribution in [-0.2, 0) is 19.1 Å². The molecule has 2 bridgehead atoms. The highest BCUT2D eigenvalue weighted by molar-refractivity contribution is 6.30. The molecule has 12 heteroatoms. The van der Waals surface area contributed by atoms with E-state index in [1.54, 1.807) is 18.2 Å². The Kier molecular flexibility index (Phi) is 7.10. The van der Waals surface area contributed by atoms with Gasteiger partial charge in [-0.05, 0) is 49.3 Å². The Bertz CT molecular complexity index is 1000. The molecule has 1 heterocycles. The van der Waals surface area contributed by atoms with Crippen LogP contribution >= 0.6 is 11.6 Å². The summed E-state index contributed by atoms with van der Waals surface area (Å²) in [7, 11) is 0. The van der Waals surface area contributed by atoms with Crippen LogP contribution in [0.4, 0.5) is 13.2 Å². The molecule has 0 unspecified atom stereocenters. The maximum Gasteiger partial charge on any atom is 0.522 e. The Morgan fingerprint density at radius 1 is 1.03 bits per heavy atom. The van der Waals surface area contributed by atoms with E-state index in [0.29, 0.717) is 16.3 Å². The van der Waals surface area contributed by atoms with E-state index in [2.05, 4.69) is 15.4 Å². The number of benzene rings is 1. The lowest BCUT2D eigenvalue weighted by Crippen LogP contribution is -2.50. The smallest absolute Gasteiger partial charge is 0.480 e. The average molecular weight is 533 g/mol. The van der Waals surface area contributed by atoms with Gasteiger partial charge in [0.15, 0.2) is 6.10 Å². The highest BCUT2D eigenvalue weighted by Crippen LogP contribution is 2.45. The van der Waals surface area contributed by atoms with Gasteiger partial charge in [0.05, 0.1) is 18.3 Å². The molecule has 0 spiro atoms. The van der Waals surface area contributed by atoms with Crippen LogP contribution in [0, 0.1) is 11.8 Å². The minimum absolute atomic E-state index is 0.0219. The van der Waals surface area contributed by atoms with Crippen molar-refractivity contribution in [3.8, 4) is 5.75 Å². The van der Waals surface area contributed by atoms with Crippen molar-refractivity contribution >= 4 is 23.4 Å². The van der Waals surface area contributed by atoms with Crippen molar-refractivity contribution in [3.05, 3.63) is 28.8 Å². The van der Waals surface area contributed by atoms with Crippen molar-refractivity contribution < 1.29 is 42.1 Å². The summed E-state index contributed by atoms with van der Waals surface area (Å²) in [6.07, 6.45) is -4.91. The van der Waals surface area contributed by atoms with Gasteiger partial charge >= 0.3 is 6.36 Å². The van der Waals surface area contributed by atoms with Crippen LogP contribution in [0.1, 0.15) is 50.2 Å². The van der Waals surface area contributed by atoms with Gasteiger partial charge in [0.2, 0.25) is 5.91 Å². The first kappa shape index (κ1) is 25.6. The molecular weight excluding hydrogens is 505 g/mol. The van der Waals surface area contributed by atoms with Gasteiger partial charge < -0.3 is 25.2 Å². The summed E-state index contributed by atoms with van der Waals surface area (Å²) in [5.74, 6) is 0.322. The molecule has 8 nitrogen and oxygen atoms in total. The Morgan fingerprint density at radius 2 is 1.72 bits per heavy atom. The van der Waals surface area contributed by atoms with Gasteiger partial charge in [-0.1, -0.05) is 11.6 Å². The maximum atomic E-state index is 12.9. The SMILES string of the molecule is O=C(CO[C@H]1C[C@@H](OC(F)(F)F)C1)N[C@@H]1C[C@@H]2C[C@H]1C[C@H]2NC(=O)[C@@H]1C[C@@H](O)c2cc(Cl)ccc2O1. The molecule has 1 aromatic carbocycles. The highest BCUT2D eigenvalue weighted by Gasteiger charge is 2.48. The van der Waals surface area contributed by atoms with E-state index in [1.165, 1.54) is 0 Å². The fourth-order valence-corrected chi connectivity index (χ4v) is 6.04. The van der Waals surface area contributed by atoms with Crippen LogP contribution in [0.5, 0.6) is 5.75 Å². The molecular formula is C24H28ClF3N2O6.